The van der Waals surface area contributed by atoms with Gasteiger partial charge in [-0.3, -0.25) is 4.79 Å². The summed E-state index contributed by atoms with van der Waals surface area (Å²) in [6, 6.07) is 8.14. The molecule has 1 aromatic carbocycles. The molecule has 1 heterocycles. The zero-order valence-electron chi connectivity index (χ0n) is 9.98. The quantitative estimate of drug-likeness (QED) is 0.853. The first-order valence-corrected chi connectivity index (χ1v) is 6.90. The van der Waals surface area contributed by atoms with E-state index in [4.69, 9.17) is 5.73 Å². The summed E-state index contributed by atoms with van der Waals surface area (Å²) in [6.45, 7) is 3.31. The fraction of sp³-hybridized carbons (Fsp3) is 0.462. The molecule has 2 unspecified atom stereocenters. The molecule has 0 aromatic heterocycles. The highest BCUT2D eigenvalue weighted by atomic mass is 32.2. The highest BCUT2D eigenvalue weighted by Crippen LogP contribution is 2.39. The first-order chi connectivity index (χ1) is 8.22. The van der Waals surface area contributed by atoms with Crippen LogP contribution in [0, 0.1) is 5.92 Å². The van der Waals surface area contributed by atoms with Gasteiger partial charge in [-0.05, 0) is 24.1 Å². The number of carbonyl (C=O) groups is 1. The van der Waals surface area contributed by atoms with Crippen LogP contribution >= 0.6 is 11.8 Å². The maximum Gasteiger partial charge on any atom is 0.228 e. The van der Waals surface area contributed by atoms with Crippen molar-refractivity contribution in [2.24, 2.45) is 11.7 Å². The van der Waals surface area contributed by atoms with Crippen molar-refractivity contribution in [3.05, 3.63) is 29.8 Å². The second-order valence-electron chi connectivity index (χ2n) is 4.49. The number of fused-ring (bicyclic) bond motifs is 1. The normalized spacial score (nSPS) is 19.8. The topological polar surface area (TPSA) is 55.1 Å². The molecular formula is C13H18N2OS. The van der Waals surface area contributed by atoms with Crippen LogP contribution in [-0.4, -0.2) is 24.7 Å². The van der Waals surface area contributed by atoms with Gasteiger partial charge in [0.15, 0.2) is 0 Å². The Kier molecular flexibility index (Phi) is 4.07. The molecule has 0 saturated heterocycles. The molecule has 0 aliphatic carbocycles. The number of hydrogen-bond acceptors (Lipinski definition) is 3. The summed E-state index contributed by atoms with van der Waals surface area (Å²) in [5.41, 5.74) is 6.70. The standard InChI is InChI=1S/C13H18N2OS/c1-9(6-14)7-15-13(16)11-8-17-12-5-3-2-4-10(11)12/h2-5,9,11H,6-8,14H2,1H3,(H,15,16). The van der Waals surface area contributed by atoms with E-state index in [0.29, 0.717) is 19.0 Å². The summed E-state index contributed by atoms with van der Waals surface area (Å²) >= 11 is 1.76. The fourth-order valence-electron chi connectivity index (χ4n) is 1.86. The Bertz CT molecular complexity index is 408. The van der Waals surface area contributed by atoms with E-state index in [1.165, 1.54) is 4.90 Å². The van der Waals surface area contributed by atoms with Crippen molar-refractivity contribution < 1.29 is 4.79 Å². The highest BCUT2D eigenvalue weighted by molar-refractivity contribution is 7.99. The van der Waals surface area contributed by atoms with E-state index in [-0.39, 0.29) is 11.8 Å². The third-order valence-electron chi connectivity index (χ3n) is 3.04. The number of nitrogens with one attached hydrogen (secondary N) is 1. The van der Waals surface area contributed by atoms with Crippen LogP contribution in [-0.2, 0) is 4.79 Å². The lowest BCUT2D eigenvalue weighted by molar-refractivity contribution is -0.122. The van der Waals surface area contributed by atoms with Crippen molar-refractivity contribution in [3.8, 4) is 0 Å². The maximum atomic E-state index is 12.1. The van der Waals surface area contributed by atoms with Crippen molar-refractivity contribution in [1.82, 2.24) is 5.32 Å². The second-order valence-corrected chi connectivity index (χ2v) is 5.55. The Morgan fingerprint density at radius 1 is 1.59 bits per heavy atom. The first-order valence-electron chi connectivity index (χ1n) is 5.92. The second kappa shape index (κ2) is 5.56. The first kappa shape index (κ1) is 12.5. The van der Waals surface area contributed by atoms with Gasteiger partial charge in [-0.1, -0.05) is 25.1 Å². The Hall–Kier alpha value is -1.00. The molecule has 0 saturated carbocycles. The lowest BCUT2D eigenvalue weighted by Crippen LogP contribution is -2.34. The lowest BCUT2D eigenvalue weighted by Gasteiger charge is -2.14. The van der Waals surface area contributed by atoms with Gasteiger partial charge in [0.25, 0.3) is 0 Å². The van der Waals surface area contributed by atoms with E-state index >= 15 is 0 Å². The molecule has 0 bridgehead atoms. The number of thioether (sulfide) groups is 1. The van der Waals surface area contributed by atoms with Crippen LogP contribution < -0.4 is 11.1 Å². The van der Waals surface area contributed by atoms with Gasteiger partial charge in [0.1, 0.15) is 0 Å². The molecule has 3 nitrogen and oxygen atoms in total. The SMILES string of the molecule is CC(CN)CNC(=O)C1CSc2ccccc21. The average molecular weight is 250 g/mol. The predicted molar refractivity (Wildman–Crippen MR) is 71.1 cm³/mol. The molecule has 0 radical (unpaired) electrons. The van der Waals surface area contributed by atoms with E-state index in [1.54, 1.807) is 11.8 Å². The number of nitrogens with two attached hydrogens (primary N) is 1. The molecule has 4 heteroatoms. The molecule has 1 aliphatic heterocycles. The van der Waals surface area contributed by atoms with E-state index in [9.17, 15) is 4.79 Å². The molecule has 2 atom stereocenters. The number of carbonyl (C=O) groups excluding carboxylic acids is 1. The molecular weight excluding hydrogens is 232 g/mol. The summed E-state index contributed by atoms with van der Waals surface area (Å²) in [4.78, 5) is 13.3. The van der Waals surface area contributed by atoms with Gasteiger partial charge in [-0.25, -0.2) is 0 Å². The van der Waals surface area contributed by atoms with Gasteiger partial charge in [-0.15, -0.1) is 11.8 Å². The average Bonchev–Trinajstić information content (AvgIpc) is 2.79. The Labute approximate surface area is 106 Å². The van der Waals surface area contributed by atoms with E-state index in [2.05, 4.69) is 11.4 Å². The molecule has 3 N–H and O–H groups in total. The van der Waals surface area contributed by atoms with Gasteiger partial charge < -0.3 is 11.1 Å². The van der Waals surface area contributed by atoms with Crippen LogP contribution in [0.1, 0.15) is 18.4 Å². The minimum Gasteiger partial charge on any atom is -0.355 e. The summed E-state index contributed by atoms with van der Waals surface area (Å²) in [7, 11) is 0. The predicted octanol–water partition coefficient (Wildman–Crippen LogP) is 1.59. The van der Waals surface area contributed by atoms with E-state index < -0.39 is 0 Å². The molecule has 17 heavy (non-hydrogen) atoms. The summed E-state index contributed by atoms with van der Waals surface area (Å²) in [5.74, 6) is 1.31. The Morgan fingerprint density at radius 3 is 3.12 bits per heavy atom. The van der Waals surface area contributed by atoms with Crippen LogP contribution in [0.5, 0.6) is 0 Å². The number of hydrogen-bond donors (Lipinski definition) is 2. The van der Waals surface area contributed by atoms with Crippen molar-refractivity contribution in [2.45, 2.75) is 17.7 Å². The van der Waals surface area contributed by atoms with Gasteiger partial charge in [0.2, 0.25) is 5.91 Å². The van der Waals surface area contributed by atoms with Crippen LogP contribution in [0.25, 0.3) is 0 Å². The number of benzene rings is 1. The van der Waals surface area contributed by atoms with Crippen LogP contribution in [0.15, 0.2) is 29.2 Å². The van der Waals surface area contributed by atoms with E-state index in [1.807, 2.05) is 25.1 Å². The van der Waals surface area contributed by atoms with Crippen molar-refractivity contribution in [1.29, 1.82) is 0 Å². The maximum absolute atomic E-state index is 12.1. The smallest absolute Gasteiger partial charge is 0.228 e. The van der Waals surface area contributed by atoms with Gasteiger partial charge in [0, 0.05) is 17.2 Å². The lowest BCUT2D eigenvalue weighted by atomic mass is 10.0. The van der Waals surface area contributed by atoms with E-state index in [0.717, 1.165) is 11.3 Å². The van der Waals surface area contributed by atoms with Gasteiger partial charge >= 0.3 is 0 Å². The molecule has 0 fully saturated rings. The zero-order valence-corrected chi connectivity index (χ0v) is 10.8. The van der Waals surface area contributed by atoms with Crippen molar-refractivity contribution in [2.75, 3.05) is 18.8 Å². The van der Waals surface area contributed by atoms with Crippen molar-refractivity contribution in [3.63, 3.8) is 0 Å². The molecule has 0 spiro atoms. The minimum atomic E-state index is 0.00109. The highest BCUT2D eigenvalue weighted by Gasteiger charge is 2.28. The van der Waals surface area contributed by atoms with Crippen LogP contribution in [0.2, 0.25) is 0 Å². The van der Waals surface area contributed by atoms with Gasteiger partial charge in [-0.2, -0.15) is 0 Å². The van der Waals surface area contributed by atoms with Crippen LogP contribution in [0.4, 0.5) is 0 Å². The van der Waals surface area contributed by atoms with Crippen molar-refractivity contribution >= 4 is 17.7 Å². The largest absolute Gasteiger partial charge is 0.355 e. The third-order valence-corrected chi connectivity index (χ3v) is 4.23. The molecule has 92 valence electrons. The Balaban J connectivity index is 1.98. The van der Waals surface area contributed by atoms with Crippen LogP contribution in [0.3, 0.4) is 0 Å². The molecule has 2 rings (SSSR count). The summed E-state index contributed by atoms with van der Waals surface area (Å²) in [5, 5.41) is 2.98. The zero-order chi connectivity index (χ0) is 12.3. The summed E-state index contributed by atoms with van der Waals surface area (Å²) in [6.07, 6.45) is 0. The minimum absolute atomic E-state index is 0.00109. The van der Waals surface area contributed by atoms with Gasteiger partial charge in [0.05, 0.1) is 5.92 Å². The summed E-state index contributed by atoms with van der Waals surface area (Å²) < 4.78 is 0. The molecule has 1 aromatic rings. The number of amides is 1. The number of rotatable bonds is 4. The molecule has 1 aliphatic rings. The monoisotopic (exact) mass is 250 g/mol. The third kappa shape index (κ3) is 2.82. The molecule has 1 amide bonds. The Morgan fingerprint density at radius 2 is 2.35 bits per heavy atom. The fourth-order valence-corrected chi connectivity index (χ4v) is 3.09.